The molecule has 0 radical (unpaired) electrons. The number of rotatable bonds is 3. The molecule has 1 aliphatic heterocycles. The molecule has 0 N–H and O–H groups in total. The first-order valence-corrected chi connectivity index (χ1v) is 4.66. The number of aldehydes is 1. The van der Waals surface area contributed by atoms with Gasteiger partial charge >= 0.3 is 0 Å². The van der Waals surface area contributed by atoms with Crippen molar-refractivity contribution in [3.8, 4) is 0 Å². The van der Waals surface area contributed by atoms with E-state index in [0.29, 0.717) is 0 Å². The van der Waals surface area contributed by atoms with Crippen molar-refractivity contribution in [3.05, 3.63) is 24.8 Å². The minimum absolute atomic E-state index is 0.0325. The highest BCUT2D eigenvalue weighted by molar-refractivity contribution is 5.54. The Morgan fingerprint density at radius 1 is 1.38 bits per heavy atom. The molecule has 0 bridgehead atoms. The maximum Gasteiger partial charge on any atom is 0.123 e. The van der Waals surface area contributed by atoms with Crippen LogP contribution in [-0.4, -0.2) is 18.5 Å². The van der Waals surface area contributed by atoms with Gasteiger partial charge in [-0.2, -0.15) is 0 Å². The molecule has 0 spiro atoms. The fourth-order valence-corrected chi connectivity index (χ4v) is 1.63. The number of carbonyl (C=O) groups excluding carboxylic acids is 1. The van der Waals surface area contributed by atoms with E-state index in [1.807, 2.05) is 19.1 Å². The molecule has 72 valence electrons. The first kappa shape index (κ1) is 10.2. The van der Waals surface area contributed by atoms with Gasteiger partial charge in [0, 0.05) is 5.92 Å². The summed E-state index contributed by atoms with van der Waals surface area (Å²) in [7, 11) is 0. The summed E-state index contributed by atoms with van der Waals surface area (Å²) in [6, 6.07) is 0. The van der Waals surface area contributed by atoms with E-state index in [2.05, 4.69) is 6.58 Å². The quantitative estimate of drug-likeness (QED) is 0.491. The van der Waals surface area contributed by atoms with E-state index < -0.39 is 0 Å². The Morgan fingerprint density at radius 3 is 2.62 bits per heavy atom. The van der Waals surface area contributed by atoms with Crippen LogP contribution < -0.4 is 0 Å². The van der Waals surface area contributed by atoms with Crippen LogP contribution in [0.25, 0.3) is 0 Å². The Kier molecular flexibility index (Phi) is 3.90. The Bertz CT molecular complexity index is 192. The van der Waals surface area contributed by atoms with Crippen molar-refractivity contribution in [2.75, 3.05) is 0 Å². The van der Waals surface area contributed by atoms with Crippen LogP contribution in [0.1, 0.15) is 19.8 Å². The smallest absolute Gasteiger partial charge is 0.123 e. The van der Waals surface area contributed by atoms with Crippen LogP contribution in [0.5, 0.6) is 0 Å². The minimum Gasteiger partial charge on any atom is -0.367 e. The lowest BCUT2D eigenvalue weighted by atomic mass is 9.92. The van der Waals surface area contributed by atoms with Crippen LogP contribution in [0.2, 0.25) is 0 Å². The molecule has 3 atom stereocenters. The normalized spacial score (nSPS) is 34.7. The Labute approximate surface area is 79.3 Å². The largest absolute Gasteiger partial charge is 0.367 e. The van der Waals surface area contributed by atoms with Gasteiger partial charge in [-0.25, -0.2) is 0 Å². The Balaban J connectivity index is 2.58. The summed E-state index contributed by atoms with van der Waals surface area (Å²) in [6.07, 6.45) is 8.44. The highest BCUT2D eigenvalue weighted by Gasteiger charge is 2.25. The first-order valence-electron chi connectivity index (χ1n) is 4.66. The fraction of sp³-hybridized carbons (Fsp3) is 0.545. The van der Waals surface area contributed by atoms with E-state index in [0.717, 1.165) is 19.1 Å². The molecule has 0 unspecified atom stereocenters. The number of carbonyl (C=O) groups is 1. The zero-order chi connectivity index (χ0) is 9.68. The molecule has 13 heavy (non-hydrogen) atoms. The number of ether oxygens (including phenoxy) is 1. The van der Waals surface area contributed by atoms with Gasteiger partial charge in [-0.15, -0.1) is 6.58 Å². The Hall–Kier alpha value is -0.890. The van der Waals surface area contributed by atoms with Gasteiger partial charge in [0.1, 0.15) is 6.29 Å². The fourth-order valence-electron chi connectivity index (χ4n) is 1.63. The maximum atomic E-state index is 10.7. The number of allylic oxidation sites excluding steroid dienone is 1. The van der Waals surface area contributed by atoms with Crippen molar-refractivity contribution in [2.45, 2.75) is 32.0 Å². The molecule has 0 aromatic rings. The highest BCUT2D eigenvalue weighted by atomic mass is 16.5. The molecule has 0 aromatic heterocycles. The summed E-state index contributed by atoms with van der Waals surface area (Å²) in [5.74, 6) is 0.123. The summed E-state index contributed by atoms with van der Waals surface area (Å²) in [4.78, 5) is 10.7. The predicted molar refractivity (Wildman–Crippen MR) is 52.5 cm³/mol. The lowest BCUT2D eigenvalue weighted by Gasteiger charge is -2.29. The molecule has 1 rings (SSSR count). The molecule has 0 saturated carbocycles. The van der Waals surface area contributed by atoms with Crippen LogP contribution in [0.4, 0.5) is 0 Å². The minimum atomic E-state index is 0.0325. The van der Waals surface area contributed by atoms with Crippen LogP contribution in [0.15, 0.2) is 24.8 Å². The zero-order valence-corrected chi connectivity index (χ0v) is 7.98. The predicted octanol–water partition coefficient (Wildman–Crippen LogP) is 2.11. The standard InChI is InChI=1S/C11H16O2/c1-3-5-11-7-9(8-12)6-10(4-2)13-11/h3-5,8-11H,2,6-7H2,1H3/b5-3-/t9-,10+,11-/m0/s1. The van der Waals surface area contributed by atoms with Gasteiger partial charge in [-0.1, -0.05) is 18.2 Å². The van der Waals surface area contributed by atoms with Crippen molar-refractivity contribution >= 4 is 6.29 Å². The van der Waals surface area contributed by atoms with Gasteiger partial charge in [-0.3, -0.25) is 0 Å². The number of hydrogen-bond donors (Lipinski definition) is 0. The molecular formula is C11H16O2. The van der Waals surface area contributed by atoms with Crippen molar-refractivity contribution in [1.29, 1.82) is 0 Å². The van der Waals surface area contributed by atoms with E-state index in [9.17, 15) is 4.79 Å². The first-order chi connectivity index (χ1) is 6.30. The average molecular weight is 180 g/mol. The molecule has 0 aliphatic carbocycles. The molecule has 1 fully saturated rings. The number of hydrogen-bond acceptors (Lipinski definition) is 2. The van der Waals surface area contributed by atoms with Crippen molar-refractivity contribution in [1.82, 2.24) is 0 Å². The molecule has 2 heteroatoms. The van der Waals surface area contributed by atoms with E-state index in [1.54, 1.807) is 6.08 Å². The lowest BCUT2D eigenvalue weighted by Crippen LogP contribution is -2.31. The van der Waals surface area contributed by atoms with Crippen LogP contribution in [-0.2, 0) is 9.53 Å². The molecule has 1 saturated heterocycles. The third-order valence-electron chi connectivity index (χ3n) is 2.28. The summed E-state index contributed by atoms with van der Waals surface area (Å²) >= 11 is 0. The van der Waals surface area contributed by atoms with Crippen molar-refractivity contribution in [2.24, 2.45) is 5.92 Å². The van der Waals surface area contributed by atoms with E-state index >= 15 is 0 Å². The molecule has 0 aromatic carbocycles. The second kappa shape index (κ2) is 4.97. The van der Waals surface area contributed by atoms with E-state index in [1.165, 1.54) is 0 Å². The van der Waals surface area contributed by atoms with Gasteiger partial charge in [-0.05, 0) is 19.8 Å². The van der Waals surface area contributed by atoms with Gasteiger partial charge in [0.05, 0.1) is 12.2 Å². The molecule has 2 nitrogen and oxygen atoms in total. The van der Waals surface area contributed by atoms with Crippen LogP contribution >= 0.6 is 0 Å². The van der Waals surface area contributed by atoms with Crippen molar-refractivity contribution in [3.63, 3.8) is 0 Å². The van der Waals surface area contributed by atoms with Gasteiger partial charge < -0.3 is 9.53 Å². The summed E-state index contributed by atoms with van der Waals surface area (Å²) in [5, 5.41) is 0. The van der Waals surface area contributed by atoms with Crippen LogP contribution in [0, 0.1) is 5.92 Å². The molecule has 0 amide bonds. The van der Waals surface area contributed by atoms with Gasteiger partial charge in [0.2, 0.25) is 0 Å². The topological polar surface area (TPSA) is 26.3 Å². The third kappa shape index (κ3) is 2.81. The summed E-state index contributed by atoms with van der Waals surface area (Å²) < 4.78 is 5.64. The molecule has 1 aliphatic rings. The van der Waals surface area contributed by atoms with Crippen molar-refractivity contribution < 1.29 is 9.53 Å². The van der Waals surface area contributed by atoms with E-state index in [4.69, 9.17) is 4.74 Å². The average Bonchev–Trinajstić information content (AvgIpc) is 2.17. The van der Waals surface area contributed by atoms with Gasteiger partial charge in [0.15, 0.2) is 0 Å². The summed E-state index contributed by atoms with van der Waals surface area (Å²) in [5.41, 5.74) is 0. The molecular weight excluding hydrogens is 164 g/mol. The van der Waals surface area contributed by atoms with E-state index in [-0.39, 0.29) is 18.1 Å². The second-order valence-electron chi connectivity index (χ2n) is 3.34. The third-order valence-corrected chi connectivity index (χ3v) is 2.28. The van der Waals surface area contributed by atoms with Crippen LogP contribution in [0.3, 0.4) is 0 Å². The second-order valence-corrected chi connectivity index (χ2v) is 3.34. The zero-order valence-electron chi connectivity index (χ0n) is 7.98. The molecule has 1 heterocycles. The highest BCUT2D eigenvalue weighted by Crippen LogP contribution is 2.24. The summed E-state index contributed by atoms with van der Waals surface area (Å²) in [6.45, 7) is 5.64. The maximum absolute atomic E-state index is 10.7. The van der Waals surface area contributed by atoms with Gasteiger partial charge in [0.25, 0.3) is 0 Å². The SMILES string of the molecule is C=C[C@@H]1C[C@H](C=O)C[C@H](/C=C\C)O1. The lowest BCUT2D eigenvalue weighted by molar-refractivity contribution is -0.116. The monoisotopic (exact) mass is 180 g/mol. The Morgan fingerprint density at radius 2 is 2.08 bits per heavy atom.